The molecule has 1 aromatic rings. The summed E-state index contributed by atoms with van der Waals surface area (Å²) in [4.78, 5) is 7.25. The summed E-state index contributed by atoms with van der Waals surface area (Å²) in [6.45, 7) is 10.4. The molecule has 0 bridgehead atoms. The molecule has 2 aliphatic rings. The highest BCUT2D eigenvalue weighted by Crippen LogP contribution is 2.13. The van der Waals surface area contributed by atoms with Crippen LogP contribution in [0.5, 0.6) is 0 Å². The maximum Gasteiger partial charge on any atom is 0.191 e. The zero-order valence-electron chi connectivity index (χ0n) is 17.3. The molecular weight excluding hydrogens is 352 g/mol. The largest absolute Gasteiger partial charge is 0.379 e. The van der Waals surface area contributed by atoms with Crippen molar-refractivity contribution in [2.45, 2.75) is 51.8 Å². The van der Waals surface area contributed by atoms with Crippen molar-refractivity contribution in [2.75, 3.05) is 46.0 Å². The molecule has 0 saturated carbocycles. The summed E-state index contributed by atoms with van der Waals surface area (Å²) >= 11 is 0. The molecule has 6 nitrogen and oxygen atoms in total. The van der Waals surface area contributed by atoms with Crippen molar-refractivity contribution in [3.63, 3.8) is 0 Å². The number of nitrogens with one attached hydrogen (secondary N) is 2. The number of rotatable bonds is 10. The van der Waals surface area contributed by atoms with Crippen molar-refractivity contribution in [3.05, 3.63) is 35.4 Å². The SMILES string of the molecule is CCNC(=NCc1ccc(CN2CCCC2)cc1)NCCCOC1CCOC1. The van der Waals surface area contributed by atoms with Crippen LogP contribution in [0.1, 0.15) is 43.7 Å². The lowest BCUT2D eigenvalue weighted by atomic mass is 10.1. The minimum absolute atomic E-state index is 0.287. The predicted molar refractivity (Wildman–Crippen MR) is 114 cm³/mol. The Hall–Kier alpha value is -1.63. The predicted octanol–water partition coefficient (Wildman–Crippen LogP) is 2.53. The highest BCUT2D eigenvalue weighted by molar-refractivity contribution is 5.79. The standard InChI is InChI=1S/C22H36N4O2/c1-2-23-22(24-11-5-14-28-21-10-15-27-18-21)25-16-19-6-8-20(9-7-19)17-26-12-3-4-13-26/h6-9,21H,2-5,10-18H2,1H3,(H2,23,24,25). The third kappa shape index (κ3) is 7.41. The molecule has 0 amide bonds. The summed E-state index contributed by atoms with van der Waals surface area (Å²) in [7, 11) is 0. The summed E-state index contributed by atoms with van der Waals surface area (Å²) in [5.74, 6) is 0.868. The van der Waals surface area contributed by atoms with Crippen molar-refractivity contribution in [1.29, 1.82) is 0 Å². The molecule has 0 aliphatic carbocycles. The summed E-state index contributed by atoms with van der Waals surface area (Å²) in [5, 5.41) is 6.71. The molecule has 2 N–H and O–H groups in total. The Morgan fingerprint density at radius 2 is 1.96 bits per heavy atom. The van der Waals surface area contributed by atoms with Crippen LogP contribution in [0.2, 0.25) is 0 Å². The van der Waals surface area contributed by atoms with Gasteiger partial charge in [-0.05, 0) is 56.8 Å². The topological polar surface area (TPSA) is 58.1 Å². The van der Waals surface area contributed by atoms with Crippen molar-refractivity contribution in [2.24, 2.45) is 4.99 Å². The lowest BCUT2D eigenvalue weighted by molar-refractivity contribution is 0.0420. The van der Waals surface area contributed by atoms with E-state index in [1.54, 1.807) is 0 Å². The van der Waals surface area contributed by atoms with Gasteiger partial charge in [0, 0.05) is 32.8 Å². The van der Waals surface area contributed by atoms with E-state index < -0.39 is 0 Å². The van der Waals surface area contributed by atoms with Gasteiger partial charge in [-0.2, -0.15) is 0 Å². The van der Waals surface area contributed by atoms with Crippen molar-refractivity contribution in [1.82, 2.24) is 15.5 Å². The summed E-state index contributed by atoms with van der Waals surface area (Å²) in [6.07, 6.45) is 4.96. The quantitative estimate of drug-likeness (QED) is 0.366. The molecule has 1 unspecified atom stereocenters. The zero-order valence-corrected chi connectivity index (χ0v) is 17.3. The Morgan fingerprint density at radius 3 is 2.68 bits per heavy atom. The van der Waals surface area contributed by atoms with Gasteiger partial charge in [0.2, 0.25) is 0 Å². The van der Waals surface area contributed by atoms with E-state index in [9.17, 15) is 0 Å². The second-order valence-corrected chi connectivity index (χ2v) is 7.63. The number of hydrogen-bond donors (Lipinski definition) is 2. The van der Waals surface area contributed by atoms with E-state index in [1.165, 1.54) is 37.1 Å². The molecule has 3 rings (SSSR count). The highest BCUT2D eigenvalue weighted by atomic mass is 16.5. The van der Waals surface area contributed by atoms with E-state index >= 15 is 0 Å². The Kier molecular flexibility index (Phi) is 9.07. The molecule has 28 heavy (non-hydrogen) atoms. The number of guanidine groups is 1. The summed E-state index contributed by atoms with van der Waals surface area (Å²) in [6, 6.07) is 8.90. The number of benzene rings is 1. The maximum absolute atomic E-state index is 5.80. The van der Waals surface area contributed by atoms with Crippen LogP contribution in [-0.2, 0) is 22.6 Å². The number of nitrogens with zero attached hydrogens (tertiary/aromatic N) is 2. The van der Waals surface area contributed by atoms with E-state index in [4.69, 9.17) is 14.5 Å². The normalized spacial score (nSPS) is 20.6. The molecule has 1 aromatic carbocycles. The van der Waals surface area contributed by atoms with Crippen LogP contribution in [0.4, 0.5) is 0 Å². The Labute approximate surface area is 169 Å². The number of hydrogen-bond acceptors (Lipinski definition) is 4. The lowest BCUT2D eigenvalue weighted by Gasteiger charge is -2.15. The Morgan fingerprint density at radius 1 is 1.18 bits per heavy atom. The molecule has 2 aliphatic heterocycles. The fourth-order valence-corrected chi connectivity index (χ4v) is 3.63. The number of ether oxygens (including phenoxy) is 2. The molecule has 1 atom stereocenters. The second-order valence-electron chi connectivity index (χ2n) is 7.63. The first kappa shape index (κ1) is 21.1. The van der Waals surface area contributed by atoms with Crippen molar-refractivity contribution < 1.29 is 9.47 Å². The smallest absolute Gasteiger partial charge is 0.191 e. The fraction of sp³-hybridized carbons (Fsp3) is 0.682. The minimum Gasteiger partial charge on any atom is -0.379 e. The van der Waals surface area contributed by atoms with Gasteiger partial charge in [0.1, 0.15) is 0 Å². The van der Waals surface area contributed by atoms with Gasteiger partial charge in [-0.25, -0.2) is 4.99 Å². The van der Waals surface area contributed by atoms with Gasteiger partial charge in [-0.1, -0.05) is 24.3 Å². The highest BCUT2D eigenvalue weighted by Gasteiger charge is 2.15. The van der Waals surface area contributed by atoms with Crippen LogP contribution in [0, 0.1) is 0 Å². The third-order valence-electron chi connectivity index (χ3n) is 5.25. The molecule has 2 heterocycles. The molecule has 156 valence electrons. The van der Waals surface area contributed by atoms with Crippen LogP contribution < -0.4 is 10.6 Å². The zero-order chi connectivity index (χ0) is 19.4. The van der Waals surface area contributed by atoms with Crippen LogP contribution >= 0.6 is 0 Å². The molecule has 2 fully saturated rings. The summed E-state index contributed by atoms with van der Waals surface area (Å²) < 4.78 is 11.1. The summed E-state index contributed by atoms with van der Waals surface area (Å²) in [5.41, 5.74) is 2.64. The van der Waals surface area contributed by atoms with E-state index in [0.29, 0.717) is 6.54 Å². The molecule has 0 aromatic heterocycles. The first-order chi connectivity index (χ1) is 13.8. The van der Waals surface area contributed by atoms with Gasteiger partial charge in [0.25, 0.3) is 0 Å². The van der Waals surface area contributed by atoms with Crippen LogP contribution in [0.15, 0.2) is 29.3 Å². The average molecular weight is 389 g/mol. The van der Waals surface area contributed by atoms with Gasteiger partial charge in [-0.3, -0.25) is 4.90 Å². The molecule has 0 radical (unpaired) electrons. The van der Waals surface area contributed by atoms with Crippen molar-refractivity contribution >= 4 is 5.96 Å². The molecular formula is C22H36N4O2. The lowest BCUT2D eigenvalue weighted by Crippen LogP contribution is -2.38. The maximum atomic E-state index is 5.80. The number of aliphatic imine (C=N–C) groups is 1. The van der Waals surface area contributed by atoms with E-state index in [2.05, 4.69) is 46.7 Å². The van der Waals surface area contributed by atoms with Gasteiger partial charge in [0.15, 0.2) is 5.96 Å². The van der Waals surface area contributed by atoms with Gasteiger partial charge < -0.3 is 20.1 Å². The molecule has 6 heteroatoms. The van der Waals surface area contributed by atoms with Crippen LogP contribution in [-0.4, -0.2) is 63.0 Å². The fourth-order valence-electron chi connectivity index (χ4n) is 3.63. The second kappa shape index (κ2) is 12.0. The van der Waals surface area contributed by atoms with Gasteiger partial charge in [0.05, 0.1) is 19.3 Å². The van der Waals surface area contributed by atoms with Crippen LogP contribution in [0.3, 0.4) is 0 Å². The molecule has 2 saturated heterocycles. The van der Waals surface area contributed by atoms with Gasteiger partial charge >= 0.3 is 0 Å². The number of likely N-dealkylation sites (tertiary alicyclic amines) is 1. The van der Waals surface area contributed by atoms with Crippen molar-refractivity contribution in [3.8, 4) is 0 Å². The molecule has 0 spiro atoms. The average Bonchev–Trinajstić information content (AvgIpc) is 3.41. The third-order valence-corrected chi connectivity index (χ3v) is 5.25. The minimum atomic E-state index is 0.287. The van der Waals surface area contributed by atoms with E-state index in [0.717, 1.165) is 58.3 Å². The van der Waals surface area contributed by atoms with E-state index in [1.807, 2.05) is 0 Å². The Balaban J connectivity index is 1.37. The Bertz CT molecular complexity index is 579. The van der Waals surface area contributed by atoms with Gasteiger partial charge in [-0.15, -0.1) is 0 Å². The van der Waals surface area contributed by atoms with E-state index in [-0.39, 0.29) is 6.10 Å². The first-order valence-electron chi connectivity index (χ1n) is 10.8. The first-order valence-corrected chi connectivity index (χ1v) is 10.8. The van der Waals surface area contributed by atoms with Crippen LogP contribution in [0.25, 0.3) is 0 Å². The monoisotopic (exact) mass is 388 g/mol.